The Balaban J connectivity index is 2.24. The number of nitrogens with zero attached hydrogens (tertiary/aromatic N) is 4. The Hall–Kier alpha value is -1.90. The van der Waals surface area contributed by atoms with Gasteiger partial charge in [0.2, 0.25) is 5.28 Å². The summed E-state index contributed by atoms with van der Waals surface area (Å²) in [7, 11) is 0. The van der Waals surface area contributed by atoms with Gasteiger partial charge in [-0.1, -0.05) is 12.1 Å². The van der Waals surface area contributed by atoms with Gasteiger partial charge in [-0.15, -0.1) is 0 Å². The Bertz CT molecular complexity index is 802. The van der Waals surface area contributed by atoms with Crippen LogP contribution in [0, 0.1) is 11.3 Å². The summed E-state index contributed by atoms with van der Waals surface area (Å²) in [6.45, 7) is 0. The van der Waals surface area contributed by atoms with Crippen LogP contribution in [0.3, 0.4) is 0 Å². The maximum absolute atomic E-state index is 8.80. The molecule has 2 aromatic heterocycles. The molecule has 0 fully saturated rings. The van der Waals surface area contributed by atoms with Crippen molar-refractivity contribution in [3.63, 3.8) is 0 Å². The summed E-state index contributed by atoms with van der Waals surface area (Å²) in [4.78, 5) is 8.60. The molecule has 0 N–H and O–H groups in total. The minimum Gasteiger partial charge on any atom is -0.273 e. The lowest BCUT2D eigenvalue weighted by molar-refractivity contribution is 1.08. The molecule has 0 aliphatic heterocycles. The summed E-state index contributed by atoms with van der Waals surface area (Å²) in [5.41, 5.74) is 2.89. The van der Waals surface area contributed by atoms with Crippen LogP contribution in [0.2, 0.25) is 5.28 Å². The Morgan fingerprint density at radius 2 is 2.00 bits per heavy atom. The van der Waals surface area contributed by atoms with Gasteiger partial charge in [0.25, 0.3) is 0 Å². The van der Waals surface area contributed by atoms with Gasteiger partial charge in [0.05, 0.1) is 21.8 Å². The molecule has 6 heteroatoms. The molecule has 0 atom stereocenters. The fourth-order valence-electron chi connectivity index (χ4n) is 1.81. The van der Waals surface area contributed by atoms with Crippen molar-refractivity contribution in [1.82, 2.24) is 14.4 Å². The van der Waals surface area contributed by atoms with Crippen molar-refractivity contribution in [2.45, 2.75) is 0 Å². The molecule has 1 aromatic carbocycles. The highest BCUT2D eigenvalue weighted by atomic mass is 79.9. The van der Waals surface area contributed by atoms with Gasteiger partial charge in [-0.25, -0.2) is 9.97 Å². The Labute approximate surface area is 122 Å². The third-order valence-corrected chi connectivity index (χ3v) is 3.73. The van der Waals surface area contributed by atoms with Crippen molar-refractivity contribution in [2.24, 2.45) is 0 Å². The first-order valence-corrected chi connectivity index (χ1v) is 6.56. The predicted molar refractivity (Wildman–Crippen MR) is 75.8 cm³/mol. The van der Waals surface area contributed by atoms with Gasteiger partial charge in [-0.2, -0.15) is 5.26 Å². The lowest BCUT2D eigenvalue weighted by atomic mass is 10.1. The first-order valence-electron chi connectivity index (χ1n) is 5.39. The quantitative estimate of drug-likeness (QED) is 0.638. The molecule has 0 saturated heterocycles. The van der Waals surface area contributed by atoms with Crippen LogP contribution in [-0.2, 0) is 0 Å². The van der Waals surface area contributed by atoms with Crippen LogP contribution >= 0.6 is 27.5 Å². The van der Waals surface area contributed by atoms with E-state index < -0.39 is 0 Å². The molecular weight excluding hydrogens is 328 g/mol. The minimum atomic E-state index is 0.343. The monoisotopic (exact) mass is 332 g/mol. The van der Waals surface area contributed by atoms with Gasteiger partial charge in [0, 0.05) is 18.0 Å². The number of fused-ring (bicyclic) bond motifs is 1. The summed E-state index contributed by atoms with van der Waals surface area (Å²) in [6, 6.07) is 9.24. The maximum Gasteiger partial charge on any atom is 0.209 e. The molecule has 2 heterocycles. The van der Waals surface area contributed by atoms with Gasteiger partial charge in [-0.3, -0.25) is 4.40 Å². The molecule has 0 bridgehead atoms. The molecule has 0 spiro atoms. The van der Waals surface area contributed by atoms with Crippen LogP contribution < -0.4 is 0 Å². The van der Waals surface area contributed by atoms with Gasteiger partial charge in [-0.05, 0) is 39.7 Å². The van der Waals surface area contributed by atoms with E-state index in [0.717, 1.165) is 10.0 Å². The van der Waals surface area contributed by atoms with Crippen molar-refractivity contribution in [3.8, 4) is 17.3 Å². The average molecular weight is 334 g/mol. The third kappa shape index (κ3) is 1.99. The summed E-state index contributed by atoms with van der Waals surface area (Å²) in [5.74, 6) is 0. The number of aromatic nitrogens is 3. The molecule has 0 unspecified atom stereocenters. The van der Waals surface area contributed by atoms with Crippen LogP contribution in [0.25, 0.3) is 16.9 Å². The highest BCUT2D eigenvalue weighted by Crippen LogP contribution is 2.31. The number of hydrogen-bond acceptors (Lipinski definition) is 3. The summed E-state index contributed by atoms with van der Waals surface area (Å²) in [6.07, 6.45) is 3.41. The first-order chi connectivity index (χ1) is 9.20. The molecule has 0 aliphatic carbocycles. The molecule has 19 heavy (non-hydrogen) atoms. The largest absolute Gasteiger partial charge is 0.273 e. The highest BCUT2D eigenvalue weighted by Gasteiger charge is 2.13. The summed E-state index contributed by atoms with van der Waals surface area (Å²) in [5, 5.41) is 9.14. The average Bonchev–Trinajstić information content (AvgIpc) is 2.93. The zero-order chi connectivity index (χ0) is 13.4. The normalized spacial score (nSPS) is 10.6. The Morgan fingerprint density at radius 1 is 1.26 bits per heavy atom. The molecule has 3 aromatic rings. The Kier molecular flexibility index (Phi) is 2.97. The molecule has 0 radical (unpaired) electrons. The van der Waals surface area contributed by atoms with E-state index in [1.54, 1.807) is 28.9 Å². The second-order valence-corrected chi connectivity index (χ2v) is 4.98. The van der Waals surface area contributed by atoms with Crippen LogP contribution in [-0.4, -0.2) is 14.4 Å². The smallest absolute Gasteiger partial charge is 0.209 e. The molecule has 92 valence electrons. The van der Waals surface area contributed by atoms with E-state index in [4.69, 9.17) is 16.9 Å². The van der Waals surface area contributed by atoms with Crippen molar-refractivity contribution in [3.05, 3.63) is 52.0 Å². The number of imidazole rings is 1. The van der Waals surface area contributed by atoms with E-state index in [1.165, 1.54) is 0 Å². The number of benzene rings is 1. The van der Waals surface area contributed by atoms with Crippen LogP contribution in [0.15, 0.2) is 41.1 Å². The van der Waals surface area contributed by atoms with E-state index in [-0.39, 0.29) is 0 Å². The van der Waals surface area contributed by atoms with Gasteiger partial charge in [0.1, 0.15) is 0 Å². The van der Waals surface area contributed by atoms with Gasteiger partial charge >= 0.3 is 0 Å². The summed E-state index contributed by atoms with van der Waals surface area (Å²) < 4.78 is 2.46. The summed E-state index contributed by atoms with van der Waals surface area (Å²) >= 11 is 9.62. The fourth-order valence-corrected chi connectivity index (χ4v) is 2.64. The molecule has 0 amide bonds. The zero-order valence-electron chi connectivity index (χ0n) is 9.51. The highest BCUT2D eigenvalue weighted by molar-refractivity contribution is 9.10. The fraction of sp³-hybridized carbons (Fsp3) is 0. The topological polar surface area (TPSA) is 54.0 Å². The SMILES string of the molecule is N#Cc1ccc(-c2nc(Cl)n3ccnc3c2Br)cc1. The Morgan fingerprint density at radius 3 is 2.68 bits per heavy atom. The molecule has 3 rings (SSSR count). The number of nitriles is 1. The second-order valence-electron chi connectivity index (χ2n) is 3.85. The van der Waals surface area contributed by atoms with Gasteiger partial charge in [0.15, 0.2) is 5.65 Å². The maximum atomic E-state index is 8.80. The van der Waals surface area contributed by atoms with E-state index in [1.807, 2.05) is 12.1 Å². The number of rotatable bonds is 1. The zero-order valence-corrected chi connectivity index (χ0v) is 11.9. The van der Waals surface area contributed by atoms with Gasteiger partial charge < -0.3 is 0 Å². The van der Waals surface area contributed by atoms with Crippen molar-refractivity contribution in [1.29, 1.82) is 5.26 Å². The third-order valence-electron chi connectivity index (χ3n) is 2.74. The lowest BCUT2D eigenvalue weighted by Gasteiger charge is -2.07. The second kappa shape index (κ2) is 4.65. The number of hydrogen-bond donors (Lipinski definition) is 0. The van der Waals surface area contributed by atoms with Crippen molar-refractivity contribution < 1.29 is 0 Å². The predicted octanol–water partition coefficient (Wildman–Crippen LogP) is 3.68. The van der Waals surface area contributed by atoms with Crippen molar-refractivity contribution in [2.75, 3.05) is 0 Å². The first kappa shape index (κ1) is 12.2. The molecule has 4 nitrogen and oxygen atoms in total. The standard InChI is InChI=1S/C13H6BrClN4/c14-10-11(9-3-1-8(7-16)2-4-9)18-13(15)19-6-5-17-12(10)19/h1-6H. The molecule has 0 aliphatic rings. The molecular formula is C13H6BrClN4. The van der Waals surface area contributed by atoms with Crippen molar-refractivity contribution >= 4 is 33.2 Å². The number of halogens is 2. The van der Waals surface area contributed by atoms with Crippen LogP contribution in [0.4, 0.5) is 0 Å². The van der Waals surface area contributed by atoms with E-state index >= 15 is 0 Å². The molecule has 0 saturated carbocycles. The lowest BCUT2D eigenvalue weighted by Crippen LogP contribution is -1.95. The van der Waals surface area contributed by atoms with E-state index in [2.05, 4.69) is 32.0 Å². The van der Waals surface area contributed by atoms with E-state index in [9.17, 15) is 0 Å². The van der Waals surface area contributed by atoms with Crippen LogP contribution in [0.1, 0.15) is 5.56 Å². The van der Waals surface area contributed by atoms with Crippen LogP contribution in [0.5, 0.6) is 0 Å². The minimum absolute atomic E-state index is 0.343. The van der Waals surface area contributed by atoms with E-state index in [0.29, 0.717) is 22.2 Å².